The van der Waals surface area contributed by atoms with Gasteiger partial charge in [-0.1, -0.05) is 0 Å². The predicted molar refractivity (Wildman–Crippen MR) is 55.9 cm³/mol. The van der Waals surface area contributed by atoms with E-state index < -0.39 is 0 Å². The van der Waals surface area contributed by atoms with Gasteiger partial charge in [0.05, 0.1) is 21.1 Å². The van der Waals surface area contributed by atoms with Gasteiger partial charge < -0.3 is 4.48 Å². The summed E-state index contributed by atoms with van der Waals surface area (Å²) in [6.45, 7) is 0. The van der Waals surface area contributed by atoms with Gasteiger partial charge in [-0.3, -0.25) is 0 Å². The fourth-order valence-corrected chi connectivity index (χ4v) is 1.43. The van der Waals surface area contributed by atoms with Gasteiger partial charge in [0, 0.05) is 6.42 Å². The third-order valence-corrected chi connectivity index (χ3v) is 2.13. The van der Waals surface area contributed by atoms with Gasteiger partial charge in [0.1, 0.15) is 5.70 Å². The molecular formula is C9H22NSn+. The minimum absolute atomic E-state index is 0. The van der Waals surface area contributed by atoms with Crippen molar-refractivity contribution in [1.82, 2.24) is 0 Å². The van der Waals surface area contributed by atoms with Crippen LogP contribution in [0.5, 0.6) is 0 Å². The van der Waals surface area contributed by atoms with Crippen LogP contribution in [-0.4, -0.2) is 49.5 Å². The molecule has 0 unspecified atom stereocenters. The molecular weight excluding hydrogens is 241 g/mol. The van der Waals surface area contributed by atoms with Crippen LogP contribution in [0.1, 0.15) is 25.7 Å². The molecule has 1 nitrogen and oxygen atoms in total. The van der Waals surface area contributed by atoms with E-state index in [-0.39, 0.29) is 23.9 Å². The minimum atomic E-state index is 0. The third kappa shape index (κ3) is 3.61. The summed E-state index contributed by atoms with van der Waals surface area (Å²) in [6.07, 6.45) is 7.79. The van der Waals surface area contributed by atoms with Gasteiger partial charge in [-0.25, -0.2) is 0 Å². The molecule has 0 heterocycles. The van der Waals surface area contributed by atoms with E-state index in [0.29, 0.717) is 0 Å². The van der Waals surface area contributed by atoms with Crippen molar-refractivity contribution in [2.75, 3.05) is 21.1 Å². The van der Waals surface area contributed by atoms with Crippen LogP contribution in [-0.2, 0) is 0 Å². The van der Waals surface area contributed by atoms with E-state index in [0.717, 1.165) is 4.48 Å². The Morgan fingerprint density at radius 2 is 1.82 bits per heavy atom. The van der Waals surface area contributed by atoms with E-state index >= 15 is 0 Å². The average Bonchev–Trinajstić information content (AvgIpc) is 1.88. The molecule has 2 heteroatoms. The number of rotatable bonds is 1. The Kier molecular flexibility index (Phi) is 4.71. The molecule has 0 bridgehead atoms. The Bertz CT molecular complexity index is 144. The van der Waals surface area contributed by atoms with Crippen LogP contribution in [0.3, 0.4) is 0 Å². The fraction of sp³-hybridized carbons (Fsp3) is 0.778. The molecule has 11 heavy (non-hydrogen) atoms. The molecule has 0 radical (unpaired) electrons. The van der Waals surface area contributed by atoms with E-state index in [1.54, 1.807) is 5.70 Å². The second-order valence-corrected chi connectivity index (χ2v) is 3.95. The van der Waals surface area contributed by atoms with Crippen LogP contribution in [0.15, 0.2) is 11.8 Å². The van der Waals surface area contributed by atoms with Crippen LogP contribution in [0.4, 0.5) is 0 Å². The van der Waals surface area contributed by atoms with Crippen LogP contribution in [0, 0.1) is 0 Å². The van der Waals surface area contributed by atoms with Crippen LogP contribution >= 0.6 is 0 Å². The zero-order valence-electron chi connectivity index (χ0n) is 7.35. The summed E-state index contributed by atoms with van der Waals surface area (Å²) in [4.78, 5) is 0. The van der Waals surface area contributed by atoms with Gasteiger partial charge in [0.15, 0.2) is 0 Å². The number of allylic oxidation sites excluding steroid dienone is 2. The molecule has 0 aliphatic heterocycles. The van der Waals surface area contributed by atoms with Gasteiger partial charge in [0.25, 0.3) is 0 Å². The number of quaternary nitrogens is 1. The Balaban J connectivity index is 0.000001000. The van der Waals surface area contributed by atoms with Crippen LogP contribution in [0.2, 0.25) is 0 Å². The molecule has 0 aromatic rings. The van der Waals surface area contributed by atoms with Gasteiger partial charge in [-0.05, 0) is 25.3 Å². The molecule has 0 fully saturated rings. The number of hydrogen-bond donors (Lipinski definition) is 0. The molecule has 0 saturated heterocycles. The summed E-state index contributed by atoms with van der Waals surface area (Å²) in [5.74, 6) is 0. The monoisotopic (exact) mass is 264 g/mol. The first-order chi connectivity index (χ1) is 4.61. The molecule has 0 atom stereocenters. The van der Waals surface area contributed by atoms with E-state index in [9.17, 15) is 0 Å². The molecule has 66 valence electrons. The Labute approximate surface area is 87.0 Å². The molecule has 1 rings (SSSR count). The second kappa shape index (κ2) is 4.51. The summed E-state index contributed by atoms with van der Waals surface area (Å²) >= 11 is 0. The number of nitrogens with zero attached hydrogens (tertiary/aromatic N) is 1. The second-order valence-electron chi connectivity index (χ2n) is 3.95. The van der Waals surface area contributed by atoms with Gasteiger partial charge in [0.2, 0.25) is 0 Å². The van der Waals surface area contributed by atoms with Crippen molar-refractivity contribution >= 4 is 23.9 Å². The first-order valence-corrected chi connectivity index (χ1v) is 4.12. The molecule has 0 amide bonds. The van der Waals surface area contributed by atoms with E-state index in [4.69, 9.17) is 0 Å². The van der Waals surface area contributed by atoms with Crippen molar-refractivity contribution in [3.63, 3.8) is 0 Å². The van der Waals surface area contributed by atoms with Crippen LogP contribution < -0.4 is 0 Å². The summed E-state index contributed by atoms with van der Waals surface area (Å²) in [5.41, 5.74) is 1.60. The topological polar surface area (TPSA) is 0 Å². The zero-order chi connectivity index (χ0) is 7.61. The van der Waals surface area contributed by atoms with Crippen molar-refractivity contribution < 1.29 is 4.48 Å². The summed E-state index contributed by atoms with van der Waals surface area (Å²) in [6, 6.07) is 0. The van der Waals surface area contributed by atoms with Gasteiger partial charge in [-0.2, -0.15) is 0 Å². The third-order valence-electron chi connectivity index (χ3n) is 2.13. The predicted octanol–water partition coefficient (Wildman–Crippen LogP) is 0.699. The van der Waals surface area contributed by atoms with Crippen molar-refractivity contribution in [3.8, 4) is 0 Å². The maximum absolute atomic E-state index is 2.41. The molecule has 1 aliphatic rings. The zero-order valence-corrected chi connectivity index (χ0v) is 7.35. The number of hydrogen-bond acceptors (Lipinski definition) is 0. The average molecular weight is 263 g/mol. The van der Waals surface area contributed by atoms with Crippen LogP contribution in [0.25, 0.3) is 0 Å². The molecule has 0 saturated carbocycles. The van der Waals surface area contributed by atoms with Crippen molar-refractivity contribution in [1.29, 1.82) is 0 Å². The summed E-state index contributed by atoms with van der Waals surface area (Å²) in [7, 11) is 6.74. The maximum atomic E-state index is 2.41. The molecule has 1 aliphatic carbocycles. The van der Waals surface area contributed by atoms with Crippen molar-refractivity contribution in [3.05, 3.63) is 11.8 Å². The summed E-state index contributed by atoms with van der Waals surface area (Å²) in [5, 5.41) is 0. The van der Waals surface area contributed by atoms with Gasteiger partial charge in [-0.15, -0.1) is 0 Å². The standard InChI is InChI=1S/C9H18N.Sn.4H/c1-10(2,3)9-7-5-4-6-8-9;;;;;/h7H,4-6,8H2,1-3H3;;;;;/q+1;;;;;. The van der Waals surface area contributed by atoms with Crippen molar-refractivity contribution in [2.24, 2.45) is 0 Å². The Morgan fingerprint density at radius 1 is 1.18 bits per heavy atom. The first kappa shape index (κ1) is 11.5. The fourth-order valence-electron chi connectivity index (χ4n) is 1.43. The van der Waals surface area contributed by atoms with E-state index in [1.807, 2.05) is 0 Å². The molecule has 0 spiro atoms. The van der Waals surface area contributed by atoms with Gasteiger partial charge >= 0.3 is 23.9 Å². The van der Waals surface area contributed by atoms with E-state index in [1.165, 1.54) is 25.7 Å². The molecule has 0 N–H and O–H groups in total. The molecule has 0 aromatic carbocycles. The molecule has 0 aromatic heterocycles. The normalized spacial score (nSPS) is 18.6. The Morgan fingerprint density at radius 3 is 2.09 bits per heavy atom. The first-order valence-electron chi connectivity index (χ1n) is 4.12. The quantitative estimate of drug-likeness (QED) is 0.482. The Hall–Kier alpha value is 0.499. The van der Waals surface area contributed by atoms with Crippen molar-refractivity contribution in [2.45, 2.75) is 25.7 Å². The SMILES string of the molecule is C[N+](C)(C)C1=CCCCC1.[SnH4]. The van der Waals surface area contributed by atoms with E-state index in [2.05, 4.69) is 27.2 Å². The summed E-state index contributed by atoms with van der Waals surface area (Å²) < 4.78 is 1.03.